The second kappa shape index (κ2) is 9.54. The van der Waals surface area contributed by atoms with Crippen LogP contribution in [-0.2, 0) is 22.5 Å². The van der Waals surface area contributed by atoms with E-state index in [1.54, 1.807) is 40.0 Å². The van der Waals surface area contributed by atoms with Crippen LogP contribution in [0.2, 0.25) is 10.0 Å². The molecule has 0 amide bonds. The van der Waals surface area contributed by atoms with Crippen molar-refractivity contribution in [2.24, 2.45) is 0 Å². The summed E-state index contributed by atoms with van der Waals surface area (Å²) in [6.45, 7) is 8.18. The van der Waals surface area contributed by atoms with Gasteiger partial charge in [-0.1, -0.05) is 29.3 Å². The summed E-state index contributed by atoms with van der Waals surface area (Å²) in [6, 6.07) is 5.33. The third kappa shape index (κ3) is 6.06. The number of methoxy groups -OCH3 is 1. The SMILES string of the molecule is CCNc1nc(C(=O)OC(C)(C)C)nc(COC)c1Cc1ccc(Cl)cc1Cl. The molecular formula is C20H25Cl2N3O3. The number of halogens is 2. The number of hydrogen-bond acceptors (Lipinski definition) is 6. The lowest BCUT2D eigenvalue weighted by Gasteiger charge is -2.20. The van der Waals surface area contributed by atoms with E-state index in [4.69, 9.17) is 32.7 Å². The highest BCUT2D eigenvalue weighted by Crippen LogP contribution is 2.28. The standard InChI is InChI=1S/C20H25Cl2N3O3/c1-6-23-17-14(9-12-7-8-13(21)10-15(12)22)16(11-27-5)24-18(25-17)19(26)28-20(2,3)4/h7-8,10H,6,9,11H2,1-5H3,(H,23,24,25). The average molecular weight is 426 g/mol. The highest BCUT2D eigenvalue weighted by Gasteiger charge is 2.24. The van der Waals surface area contributed by atoms with Crippen LogP contribution >= 0.6 is 23.2 Å². The van der Waals surface area contributed by atoms with E-state index in [0.717, 1.165) is 11.1 Å². The van der Waals surface area contributed by atoms with E-state index in [1.807, 2.05) is 13.0 Å². The summed E-state index contributed by atoms with van der Waals surface area (Å²) in [6.07, 6.45) is 0.464. The van der Waals surface area contributed by atoms with E-state index in [0.29, 0.717) is 34.5 Å². The second-order valence-electron chi connectivity index (χ2n) is 7.20. The molecular weight excluding hydrogens is 401 g/mol. The third-order valence-electron chi connectivity index (χ3n) is 3.68. The van der Waals surface area contributed by atoms with Crippen LogP contribution in [0.1, 0.15) is 55.1 Å². The number of carbonyl (C=O) groups excluding carboxylic acids is 1. The van der Waals surface area contributed by atoms with Gasteiger partial charge in [0.15, 0.2) is 0 Å². The Morgan fingerprint density at radius 3 is 2.50 bits per heavy atom. The first-order valence-corrected chi connectivity index (χ1v) is 9.70. The van der Waals surface area contributed by atoms with Crippen molar-refractivity contribution in [2.45, 2.75) is 46.3 Å². The molecule has 0 aliphatic rings. The molecule has 6 nitrogen and oxygen atoms in total. The Kier molecular flexibility index (Phi) is 7.63. The van der Waals surface area contributed by atoms with Crippen LogP contribution in [-0.4, -0.2) is 35.2 Å². The molecule has 0 aliphatic carbocycles. The quantitative estimate of drug-likeness (QED) is 0.635. The number of benzene rings is 1. The van der Waals surface area contributed by atoms with Crippen molar-refractivity contribution in [3.63, 3.8) is 0 Å². The number of carbonyl (C=O) groups is 1. The van der Waals surface area contributed by atoms with E-state index in [9.17, 15) is 4.79 Å². The molecule has 0 fully saturated rings. The number of aromatic nitrogens is 2. The summed E-state index contributed by atoms with van der Waals surface area (Å²) in [4.78, 5) is 21.3. The van der Waals surface area contributed by atoms with Gasteiger partial charge in [-0.15, -0.1) is 0 Å². The Morgan fingerprint density at radius 2 is 1.93 bits per heavy atom. The smallest absolute Gasteiger partial charge is 0.376 e. The van der Waals surface area contributed by atoms with Crippen LogP contribution in [0.3, 0.4) is 0 Å². The molecule has 2 aromatic rings. The molecule has 152 valence electrons. The second-order valence-corrected chi connectivity index (χ2v) is 8.04. The lowest BCUT2D eigenvalue weighted by molar-refractivity contribution is 0.00548. The molecule has 1 aromatic heterocycles. The van der Waals surface area contributed by atoms with E-state index in [-0.39, 0.29) is 12.4 Å². The number of ether oxygens (including phenoxy) is 2. The molecule has 28 heavy (non-hydrogen) atoms. The van der Waals surface area contributed by atoms with Gasteiger partial charge in [-0.2, -0.15) is 0 Å². The van der Waals surface area contributed by atoms with Crippen molar-refractivity contribution in [3.8, 4) is 0 Å². The maximum atomic E-state index is 12.5. The van der Waals surface area contributed by atoms with Gasteiger partial charge < -0.3 is 14.8 Å². The number of nitrogens with zero attached hydrogens (tertiary/aromatic N) is 2. The first-order chi connectivity index (χ1) is 13.1. The fraction of sp³-hybridized carbons (Fsp3) is 0.450. The average Bonchev–Trinajstić information content (AvgIpc) is 2.58. The van der Waals surface area contributed by atoms with Crippen LogP contribution in [0.4, 0.5) is 5.82 Å². The summed E-state index contributed by atoms with van der Waals surface area (Å²) >= 11 is 12.3. The van der Waals surface area contributed by atoms with Gasteiger partial charge in [0.05, 0.1) is 12.3 Å². The topological polar surface area (TPSA) is 73.3 Å². The maximum absolute atomic E-state index is 12.5. The van der Waals surface area contributed by atoms with Crippen LogP contribution in [0.25, 0.3) is 0 Å². The van der Waals surface area contributed by atoms with Crippen LogP contribution in [0, 0.1) is 0 Å². The van der Waals surface area contributed by atoms with E-state index < -0.39 is 11.6 Å². The summed E-state index contributed by atoms with van der Waals surface area (Å²) in [5, 5.41) is 4.32. The first kappa shape index (κ1) is 22.4. The molecule has 8 heteroatoms. The Balaban J connectivity index is 2.51. The number of esters is 1. The van der Waals surface area contributed by atoms with Crippen molar-refractivity contribution in [2.75, 3.05) is 19.0 Å². The summed E-state index contributed by atoms with van der Waals surface area (Å²) in [5.41, 5.74) is 1.63. The van der Waals surface area contributed by atoms with Crippen LogP contribution in [0.5, 0.6) is 0 Å². The van der Waals surface area contributed by atoms with Gasteiger partial charge in [-0.05, 0) is 45.4 Å². The zero-order valence-electron chi connectivity index (χ0n) is 16.7. The molecule has 0 unspecified atom stereocenters. The summed E-state index contributed by atoms with van der Waals surface area (Å²) < 4.78 is 10.7. The number of rotatable bonds is 7. The molecule has 1 aromatic carbocycles. The molecule has 0 bridgehead atoms. The van der Waals surface area contributed by atoms with Gasteiger partial charge >= 0.3 is 5.97 Å². The van der Waals surface area contributed by atoms with E-state index in [1.165, 1.54) is 0 Å². The molecule has 0 saturated heterocycles. The molecule has 0 saturated carbocycles. The Morgan fingerprint density at radius 1 is 1.21 bits per heavy atom. The molecule has 0 aliphatic heterocycles. The van der Waals surface area contributed by atoms with Crippen molar-refractivity contribution < 1.29 is 14.3 Å². The van der Waals surface area contributed by atoms with Crippen molar-refractivity contribution >= 4 is 35.0 Å². The molecule has 1 N–H and O–H groups in total. The Labute approximate surface area is 175 Å². The predicted molar refractivity (Wildman–Crippen MR) is 111 cm³/mol. The van der Waals surface area contributed by atoms with Gasteiger partial charge in [-0.3, -0.25) is 0 Å². The van der Waals surface area contributed by atoms with Gasteiger partial charge in [0.25, 0.3) is 0 Å². The van der Waals surface area contributed by atoms with Crippen LogP contribution < -0.4 is 5.32 Å². The minimum atomic E-state index is -0.643. The number of hydrogen-bond donors (Lipinski definition) is 1. The van der Waals surface area contributed by atoms with Gasteiger partial charge in [0, 0.05) is 35.7 Å². The fourth-order valence-corrected chi connectivity index (χ4v) is 3.03. The molecule has 0 spiro atoms. The Bertz CT molecular complexity index is 824. The van der Waals surface area contributed by atoms with E-state index >= 15 is 0 Å². The number of anilines is 1. The van der Waals surface area contributed by atoms with Gasteiger partial charge in [0.1, 0.15) is 11.4 Å². The predicted octanol–water partition coefficient (Wildman–Crippen LogP) is 4.91. The monoisotopic (exact) mass is 425 g/mol. The zero-order valence-corrected chi connectivity index (χ0v) is 18.2. The molecule has 2 rings (SSSR count). The normalized spacial score (nSPS) is 11.4. The molecule has 1 heterocycles. The minimum Gasteiger partial charge on any atom is -0.454 e. The third-order valence-corrected chi connectivity index (χ3v) is 4.27. The summed E-state index contributed by atoms with van der Waals surface area (Å²) in [7, 11) is 1.57. The van der Waals surface area contributed by atoms with E-state index in [2.05, 4.69) is 15.3 Å². The van der Waals surface area contributed by atoms with Gasteiger partial charge in [0.2, 0.25) is 5.82 Å². The maximum Gasteiger partial charge on any atom is 0.376 e. The number of nitrogens with one attached hydrogen (secondary N) is 1. The van der Waals surface area contributed by atoms with Gasteiger partial charge in [-0.25, -0.2) is 14.8 Å². The first-order valence-electron chi connectivity index (χ1n) is 8.94. The van der Waals surface area contributed by atoms with Crippen LogP contribution in [0.15, 0.2) is 18.2 Å². The van der Waals surface area contributed by atoms with Crippen molar-refractivity contribution in [1.82, 2.24) is 9.97 Å². The molecule has 0 atom stereocenters. The fourth-order valence-electron chi connectivity index (χ4n) is 2.56. The highest BCUT2D eigenvalue weighted by molar-refractivity contribution is 6.35. The largest absolute Gasteiger partial charge is 0.454 e. The summed E-state index contributed by atoms with van der Waals surface area (Å²) in [5.74, 6) is -0.0413. The Hall–Kier alpha value is -1.89. The van der Waals surface area contributed by atoms with Crippen molar-refractivity contribution in [3.05, 3.63) is 50.9 Å². The lowest BCUT2D eigenvalue weighted by Crippen LogP contribution is -2.26. The lowest BCUT2D eigenvalue weighted by atomic mass is 10.0. The molecule has 0 radical (unpaired) electrons. The highest BCUT2D eigenvalue weighted by atomic mass is 35.5. The van der Waals surface area contributed by atoms with Crippen molar-refractivity contribution in [1.29, 1.82) is 0 Å². The zero-order chi connectivity index (χ0) is 20.9. The minimum absolute atomic E-state index is 0.0103.